The Bertz CT molecular complexity index is 256. The highest BCUT2D eigenvalue weighted by molar-refractivity contribution is 5.43. The van der Waals surface area contributed by atoms with Crippen LogP contribution in [0.15, 0.2) is 24.0 Å². The summed E-state index contributed by atoms with van der Waals surface area (Å²) >= 11 is 0. The van der Waals surface area contributed by atoms with Crippen LogP contribution in [0.2, 0.25) is 0 Å². The maximum Gasteiger partial charge on any atom is 0.116 e. The second kappa shape index (κ2) is 1.69. The highest BCUT2D eigenvalue weighted by Gasteiger charge is 2.64. The quantitative estimate of drug-likeness (QED) is 0.611. The summed E-state index contributed by atoms with van der Waals surface area (Å²) in [4.78, 5) is 0. The number of rotatable bonds is 1. The van der Waals surface area contributed by atoms with Crippen LogP contribution in [0.5, 0.6) is 0 Å². The zero-order valence-corrected chi connectivity index (χ0v) is 6.92. The van der Waals surface area contributed by atoms with Gasteiger partial charge in [0.25, 0.3) is 0 Å². The van der Waals surface area contributed by atoms with Gasteiger partial charge in [-0.1, -0.05) is 19.1 Å². The number of allylic oxidation sites excluding steroid dienone is 2. The second-order valence-electron chi connectivity index (χ2n) is 3.66. The van der Waals surface area contributed by atoms with E-state index in [0.717, 1.165) is 12.2 Å². The Balaban J connectivity index is 2.37. The van der Waals surface area contributed by atoms with Crippen molar-refractivity contribution >= 4 is 0 Å². The zero-order valence-electron chi connectivity index (χ0n) is 6.92. The first-order chi connectivity index (χ1) is 5.12. The van der Waals surface area contributed by atoms with E-state index < -0.39 is 0 Å². The van der Waals surface area contributed by atoms with Crippen LogP contribution in [-0.4, -0.2) is 12.6 Å². The molecule has 2 unspecified atom stereocenters. The second-order valence-corrected chi connectivity index (χ2v) is 3.66. The Morgan fingerprint density at radius 2 is 2.36 bits per heavy atom. The molecule has 2 rings (SSSR count). The zero-order chi connectivity index (χ0) is 8.11. The van der Waals surface area contributed by atoms with E-state index in [1.54, 1.807) is 7.11 Å². The van der Waals surface area contributed by atoms with E-state index in [1.165, 1.54) is 0 Å². The van der Waals surface area contributed by atoms with Crippen LogP contribution in [0.4, 0.5) is 0 Å². The average molecular weight is 151 g/mol. The van der Waals surface area contributed by atoms with Gasteiger partial charge in [0.2, 0.25) is 0 Å². The van der Waals surface area contributed by atoms with Crippen molar-refractivity contribution in [1.29, 1.82) is 0 Å². The van der Waals surface area contributed by atoms with Crippen molar-refractivity contribution in [2.75, 3.05) is 7.11 Å². The molecule has 0 radical (unpaired) electrons. The van der Waals surface area contributed by atoms with Gasteiger partial charge in [0.1, 0.15) is 5.76 Å². The summed E-state index contributed by atoms with van der Waals surface area (Å²) in [6.45, 7) is 2.16. The Morgan fingerprint density at radius 3 is 2.91 bits per heavy atom. The highest BCUT2D eigenvalue weighted by Crippen LogP contribution is 2.60. The monoisotopic (exact) mass is 151 g/mol. The van der Waals surface area contributed by atoms with E-state index in [1.807, 2.05) is 12.2 Å². The molecule has 1 saturated carbocycles. The van der Waals surface area contributed by atoms with Crippen LogP contribution < -0.4 is 5.73 Å². The van der Waals surface area contributed by atoms with Gasteiger partial charge in [-0.25, -0.2) is 0 Å². The summed E-state index contributed by atoms with van der Waals surface area (Å²) in [5.74, 6) is 0.919. The van der Waals surface area contributed by atoms with Gasteiger partial charge in [-0.05, 0) is 12.5 Å². The minimum Gasteiger partial charge on any atom is -0.499 e. The lowest BCUT2D eigenvalue weighted by molar-refractivity contribution is 0.246. The van der Waals surface area contributed by atoms with Crippen molar-refractivity contribution in [2.45, 2.75) is 18.9 Å². The molecule has 2 aliphatic rings. The molecule has 0 heterocycles. The van der Waals surface area contributed by atoms with E-state index >= 15 is 0 Å². The maximum atomic E-state index is 6.10. The fraction of sp³-hybridized carbons (Fsp3) is 0.556. The van der Waals surface area contributed by atoms with Gasteiger partial charge >= 0.3 is 0 Å². The SMILES string of the molecule is COC1=CC=CC2(C)CC12N. The molecule has 0 aromatic heterocycles. The topological polar surface area (TPSA) is 35.2 Å². The summed E-state index contributed by atoms with van der Waals surface area (Å²) in [6, 6.07) is 0. The number of nitrogens with two attached hydrogens (primary N) is 1. The van der Waals surface area contributed by atoms with E-state index in [9.17, 15) is 0 Å². The molecule has 2 heteroatoms. The Kier molecular flexibility index (Phi) is 1.07. The van der Waals surface area contributed by atoms with Gasteiger partial charge in [0, 0.05) is 5.41 Å². The third-order valence-corrected chi connectivity index (χ3v) is 2.91. The molecule has 2 N–H and O–H groups in total. The van der Waals surface area contributed by atoms with E-state index in [4.69, 9.17) is 10.5 Å². The molecule has 0 aromatic rings. The third kappa shape index (κ3) is 0.653. The number of fused-ring (bicyclic) bond motifs is 1. The van der Waals surface area contributed by atoms with Gasteiger partial charge in [-0.2, -0.15) is 0 Å². The molecular weight excluding hydrogens is 138 g/mol. The van der Waals surface area contributed by atoms with Crippen LogP contribution >= 0.6 is 0 Å². The molecule has 0 bridgehead atoms. The molecule has 0 aromatic carbocycles. The van der Waals surface area contributed by atoms with Crippen molar-refractivity contribution in [2.24, 2.45) is 11.1 Å². The minimum absolute atomic E-state index is 0.160. The fourth-order valence-corrected chi connectivity index (χ4v) is 1.86. The Labute approximate surface area is 66.7 Å². The molecule has 0 amide bonds. The van der Waals surface area contributed by atoms with E-state index in [0.29, 0.717) is 0 Å². The van der Waals surface area contributed by atoms with Crippen molar-refractivity contribution in [3.8, 4) is 0 Å². The number of methoxy groups -OCH3 is 1. The smallest absolute Gasteiger partial charge is 0.116 e. The van der Waals surface area contributed by atoms with Gasteiger partial charge in [-0.3, -0.25) is 0 Å². The largest absolute Gasteiger partial charge is 0.499 e. The summed E-state index contributed by atoms with van der Waals surface area (Å²) in [7, 11) is 1.68. The predicted molar refractivity (Wildman–Crippen MR) is 43.9 cm³/mol. The number of ether oxygens (including phenoxy) is 1. The van der Waals surface area contributed by atoms with Crippen molar-refractivity contribution in [1.82, 2.24) is 0 Å². The molecule has 2 aliphatic carbocycles. The lowest BCUT2D eigenvalue weighted by Crippen LogP contribution is -2.33. The van der Waals surface area contributed by atoms with E-state index in [2.05, 4.69) is 13.0 Å². The van der Waals surface area contributed by atoms with Gasteiger partial charge in [-0.15, -0.1) is 0 Å². The predicted octanol–water partition coefficient (Wildman–Crippen LogP) is 1.19. The molecule has 2 nitrogen and oxygen atoms in total. The first-order valence-electron chi connectivity index (χ1n) is 3.85. The third-order valence-electron chi connectivity index (χ3n) is 2.91. The molecule has 0 spiro atoms. The first kappa shape index (κ1) is 6.92. The van der Waals surface area contributed by atoms with Gasteiger partial charge < -0.3 is 10.5 Å². The summed E-state index contributed by atoms with van der Waals surface area (Å²) in [5.41, 5.74) is 6.06. The average Bonchev–Trinajstić information content (AvgIpc) is 2.52. The fourth-order valence-electron chi connectivity index (χ4n) is 1.86. The van der Waals surface area contributed by atoms with Crippen molar-refractivity contribution in [3.05, 3.63) is 24.0 Å². The Hall–Kier alpha value is -0.760. The van der Waals surface area contributed by atoms with Crippen LogP contribution in [-0.2, 0) is 4.74 Å². The molecule has 60 valence electrons. The van der Waals surface area contributed by atoms with E-state index in [-0.39, 0.29) is 11.0 Å². The lowest BCUT2D eigenvalue weighted by Gasteiger charge is -2.20. The molecule has 0 aliphatic heterocycles. The maximum absolute atomic E-state index is 6.10. The standard InChI is InChI=1S/C9H13NO/c1-8-5-3-4-7(11-2)9(8,10)6-8/h3-5H,6,10H2,1-2H3. The summed E-state index contributed by atoms with van der Waals surface area (Å²) < 4.78 is 5.20. The molecule has 11 heavy (non-hydrogen) atoms. The lowest BCUT2D eigenvalue weighted by atomic mass is 9.96. The first-order valence-corrected chi connectivity index (χ1v) is 3.85. The number of hydrogen-bond acceptors (Lipinski definition) is 2. The molecule has 1 fully saturated rings. The van der Waals surface area contributed by atoms with Crippen LogP contribution in [0.25, 0.3) is 0 Å². The summed E-state index contributed by atoms with van der Waals surface area (Å²) in [6.07, 6.45) is 7.15. The normalized spacial score (nSPS) is 46.3. The number of hydrogen-bond donors (Lipinski definition) is 1. The van der Waals surface area contributed by atoms with Crippen molar-refractivity contribution in [3.63, 3.8) is 0 Å². The Morgan fingerprint density at radius 1 is 1.64 bits per heavy atom. The van der Waals surface area contributed by atoms with Crippen LogP contribution in [0, 0.1) is 5.41 Å². The van der Waals surface area contributed by atoms with Crippen LogP contribution in [0.3, 0.4) is 0 Å². The molecule has 2 atom stereocenters. The van der Waals surface area contributed by atoms with Crippen molar-refractivity contribution < 1.29 is 4.74 Å². The highest BCUT2D eigenvalue weighted by atomic mass is 16.5. The van der Waals surface area contributed by atoms with Gasteiger partial charge in [0.15, 0.2) is 0 Å². The molecular formula is C9H13NO. The van der Waals surface area contributed by atoms with Gasteiger partial charge in [0.05, 0.1) is 12.6 Å². The van der Waals surface area contributed by atoms with Crippen LogP contribution in [0.1, 0.15) is 13.3 Å². The molecule has 0 saturated heterocycles. The minimum atomic E-state index is -0.198. The summed E-state index contributed by atoms with van der Waals surface area (Å²) in [5, 5.41) is 0.